The fourth-order valence-electron chi connectivity index (χ4n) is 5.62. The van der Waals surface area contributed by atoms with E-state index in [2.05, 4.69) is 5.32 Å². The van der Waals surface area contributed by atoms with Crippen molar-refractivity contribution in [2.75, 3.05) is 11.6 Å². The molecule has 0 aliphatic heterocycles. The molecule has 0 atom stereocenters. The molecule has 1 aliphatic rings. The van der Waals surface area contributed by atoms with E-state index in [1.54, 1.807) is 12.1 Å². The zero-order chi connectivity index (χ0) is 34.2. The maximum Gasteiger partial charge on any atom is 0.296 e. The first kappa shape index (κ1) is 32.0. The first-order chi connectivity index (χ1) is 21.9. The van der Waals surface area contributed by atoms with Gasteiger partial charge < -0.3 is 9.88 Å². The molecule has 0 radical (unpaired) electrons. The molecule has 0 saturated carbocycles. The highest BCUT2D eigenvalue weighted by atomic mass is 32.2. The van der Waals surface area contributed by atoms with Gasteiger partial charge in [0, 0.05) is 35.4 Å². The van der Waals surface area contributed by atoms with Gasteiger partial charge in [-0.1, -0.05) is 36.4 Å². The largest absolute Gasteiger partial charge is 0.354 e. The second kappa shape index (κ2) is 10.8. The molecule has 0 amide bonds. The number of sulfone groups is 1. The molecule has 13 nitrogen and oxygen atoms in total. The van der Waals surface area contributed by atoms with Gasteiger partial charge in [0.2, 0.25) is 0 Å². The number of carbonyl (C=O) groups is 2. The van der Waals surface area contributed by atoms with E-state index in [4.69, 9.17) is 0 Å². The Morgan fingerprint density at radius 2 is 1.38 bits per heavy atom. The smallest absolute Gasteiger partial charge is 0.296 e. The molecule has 1 heterocycles. The summed E-state index contributed by atoms with van der Waals surface area (Å²) in [4.78, 5) is 40.3. The summed E-state index contributed by atoms with van der Waals surface area (Å²) < 4.78 is 93.1. The summed E-state index contributed by atoms with van der Waals surface area (Å²) in [5, 5.41) is 2.94. The lowest BCUT2D eigenvalue weighted by Crippen LogP contribution is -2.29. The number of hydrogen-bond donors (Lipinski definition) is 3. The molecule has 0 unspecified atom stereocenters. The van der Waals surface area contributed by atoms with Crippen molar-refractivity contribution in [3.8, 4) is 11.1 Å². The Morgan fingerprint density at radius 3 is 2.02 bits per heavy atom. The van der Waals surface area contributed by atoms with Gasteiger partial charge in [-0.15, -0.1) is 0 Å². The van der Waals surface area contributed by atoms with Crippen LogP contribution in [-0.2, 0) is 37.1 Å². The fraction of sp³-hybridized carbons (Fsp3) is 0.0645. The van der Waals surface area contributed by atoms with Crippen molar-refractivity contribution in [1.29, 1.82) is 0 Å². The van der Waals surface area contributed by atoms with Gasteiger partial charge in [0.15, 0.2) is 21.4 Å². The number of pyridine rings is 1. The number of aromatic nitrogens is 1. The SMILES string of the molecule is Cn1c(=O)c(C(=O)c2cccc(S(=O)(=O)O)c2)c2c3c(c(Nc4ccc(S(C)(=O)=O)cc4S(=O)(=O)O)ccc31)C(=O)c1ccccc1-2. The van der Waals surface area contributed by atoms with Gasteiger partial charge in [-0.3, -0.25) is 23.5 Å². The number of nitrogens with one attached hydrogen (secondary N) is 1. The van der Waals surface area contributed by atoms with Crippen LogP contribution in [0.15, 0.2) is 98.3 Å². The Kier molecular flexibility index (Phi) is 7.33. The van der Waals surface area contributed by atoms with Crippen molar-refractivity contribution in [2.24, 2.45) is 7.05 Å². The fourth-order valence-corrected chi connectivity index (χ4v) is 7.55. The second-order valence-electron chi connectivity index (χ2n) is 10.7. The van der Waals surface area contributed by atoms with Crippen LogP contribution in [0.4, 0.5) is 11.4 Å². The molecule has 0 fully saturated rings. The van der Waals surface area contributed by atoms with Crippen LogP contribution >= 0.6 is 0 Å². The number of benzene rings is 4. The number of rotatable bonds is 7. The van der Waals surface area contributed by atoms with Crippen LogP contribution in [0.2, 0.25) is 0 Å². The molecule has 47 heavy (non-hydrogen) atoms. The summed E-state index contributed by atoms with van der Waals surface area (Å²) in [5.74, 6) is -1.46. The molecular weight excluding hydrogens is 673 g/mol. The van der Waals surface area contributed by atoms with Crippen molar-refractivity contribution in [3.05, 3.63) is 111 Å². The molecule has 1 aliphatic carbocycles. The van der Waals surface area contributed by atoms with E-state index < -0.39 is 62.6 Å². The van der Waals surface area contributed by atoms with Gasteiger partial charge in [-0.05, 0) is 48.0 Å². The van der Waals surface area contributed by atoms with E-state index in [0.29, 0.717) is 0 Å². The molecular formula is C31H22N2O11S3. The highest BCUT2D eigenvalue weighted by Crippen LogP contribution is 2.44. The monoisotopic (exact) mass is 694 g/mol. The molecule has 1 aromatic heterocycles. The zero-order valence-corrected chi connectivity index (χ0v) is 26.7. The lowest BCUT2D eigenvalue weighted by molar-refractivity contribution is 0.102. The Morgan fingerprint density at radius 1 is 0.723 bits per heavy atom. The first-order valence-electron chi connectivity index (χ1n) is 13.4. The van der Waals surface area contributed by atoms with Crippen molar-refractivity contribution in [3.63, 3.8) is 0 Å². The minimum absolute atomic E-state index is 0.000628. The molecule has 4 aromatic carbocycles. The van der Waals surface area contributed by atoms with Crippen LogP contribution in [0.25, 0.3) is 22.0 Å². The number of anilines is 2. The third-order valence-electron chi connectivity index (χ3n) is 7.78. The van der Waals surface area contributed by atoms with E-state index in [1.165, 1.54) is 43.4 Å². The van der Waals surface area contributed by atoms with Crippen LogP contribution in [0.3, 0.4) is 0 Å². The molecule has 5 aromatic rings. The van der Waals surface area contributed by atoms with E-state index in [-0.39, 0.29) is 55.0 Å². The van der Waals surface area contributed by atoms with Crippen LogP contribution < -0.4 is 10.9 Å². The molecule has 0 spiro atoms. The molecule has 0 saturated heterocycles. The number of hydrogen-bond acceptors (Lipinski definition) is 10. The highest BCUT2D eigenvalue weighted by Gasteiger charge is 2.34. The van der Waals surface area contributed by atoms with Crippen molar-refractivity contribution in [1.82, 2.24) is 4.57 Å². The van der Waals surface area contributed by atoms with Crippen molar-refractivity contribution in [2.45, 2.75) is 14.7 Å². The second-order valence-corrected chi connectivity index (χ2v) is 15.6. The first-order valence-corrected chi connectivity index (χ1v) is 18.2. The van der Waals surface area contributed by atoms with Crippen LogP contribution in [-0.4, -0.2) is 56.7 Å². The van der Waals surface area contributed by atoms with Crippen molar-refractivity contribution < 1.29 is 43.9 Å². The standard InChI is InChI=1S/C31H22N2O11S3/c1-33-23-13-12-22(32-21-11-10-17(45(2,37)38)15-24(21)47(42,43)44)26-27(23)25(19-8-3-4-9-20(19)30(26)35)28(31(33)36)29(34)16-6-5-7-18(14-16)46(39,40)41/h3-15,32H,1-2H3,(H,39,40,41)(H,42,43,44). The average Bonchev–Trinajstić information content (AvgIpc) is 3.00. The third-order valence-corrected chi connectivity index (χ3v) is 10.6. The van der Waals surface area contributed by atoms with Gasteiger partial charge in [-0.2, -0.15) is 16.8 Å². The third kappa shape index (κ3) is 5.35. The highest BCUT2D eigenvalue weighted by molar-refractivity contribution is 7.90. The Bertz CT molecular complexity index is 2640. The summed E-state index contributed by atoms with van der Waals surface area (Å²) in [7, 11) is -12.2. The summed E-state index contributed by atoms with van der Waals surface area (Å²) in [6, 6.07) is 16.5. The van der Waals surface area contributed by atoms with Crippen molar-refractivity contribution >= 4 is 63.9 Å². The summed E-state index contributed by atoms with van der Waals surface area (Å²) >= 11 is 0. The molecule has 3 N–H and O–H groups in total. The zero-order valence-electron chi connectivity index (χ0n) is 24.2. The lowest BCUT2D eigenvalue weighted by Gasteiger charge is -2.26. The van der Waals surface area contributed by atoms with Gasteiger partial charge in [0.1, 0.15) is 4.90 Å². The molecule has 6 rings (SSSR count). The molecule has 0 bridgehead atoms. The predicted octanol–water partition coefficient (Wildman–Crippen LogP) is 3.62. The maximum atomic E-state index is 14.1. The average molecular weight is 695 g/mol. The number of ketones is 2. The quantitative estimate of drug-likeness (QED) is 0.162. The maximum absolute atomic E-state index is 14.1. The van der Waals surface area contributed by atoms with Crippen LogP contribution in [0.5, 0.6) is 0 Å². The Balaban J connectivity index is 1.68. The van der Waals surface area contributed by atoms with E-state index in [0.717, 1.165) is 41.2 Å². The summed E-state index contributed by atoms with van der Waals surface area (Å²) in [6.45, 7) is 0. The van der Waals surface area contributed by atoms with Gasteiger partial charge in [0.25, 0.3) is 25.8 Å². The Hall–Kier alpha value is -5.00. The number of aryl methyl sites for hydroxylation is 1. The normalized spacial score (nSPS) is 13.0. The van der Waals surface area contributed by atoms with E-state index >= 15 is 0 Å². The van der Waals surface area contributed by atoms with Crippen LogP contribution in [0, 0.1) is 0 Å². The molecule has 240 valence electrons. The lowest BCUT2D eigenvalue weighted by atomic mass is 9.80. The van der Waals surface area contributed by atoms with Gasteiger partial charge >= 0.3 is 0 Å². The van der Waals surface area contributed by atoms with Crippen LogP contribution in [0.1, 0.15) is 31.8 Å². The predicted molar refractivity (Wildman–Crippen MR) is 170 cm³/mol. The Labute approximate surface area is 267 Å². The van der Waals surface area contributed by atoms with Gasteiger partial charge in [0.05, 0.1) is 37.8 Å². The minimum Gasteiger partial charge on any atom is -0.354 e. The van der Waals surface area contributed by atoms with E-state index in [9.17, 15) is 48.7 Å². The summed E-state index contributed by atoms with van der Waals surface area (Å²) in [5.41, 5.74) is -1.14. The summed E-state index contributed by atoms with van der Waals surface area (Å²) in [6.07, 6.45) is 0.858. The number of carbonyl (C=O) groups excluding carboxylic acids is 2. The molecule has 16 heteroatoms. The number of nitrogens with zero attached hydrogens (tertiary/aromatic N) is 1. The minimum atomic E-state index is -4.99. The van der Waals surface area contributed by atoms with E-state index in [1.807, 2.05) is 0 Å². The topological polar surface area (TPSA) is 211 Å². The number of fused-ring (bicyclic) bond motifs is 2. The van der Waals surface area contributed by atoms with Gasteiger partial charge in [-0.25, -0.2) is 8.42 Å².